The van der Waals surface area contributed by atoms with E-state index in [1.54, 1.807) is 12.1 Å². The fourth-order valence-corrected chi connectivity index (χ4v) is 2.94. The Morgan fingerprint density at radius 2 is 2.17 bits per heavy atom. The minimum absolute atomic E-state index is 0.0802. The molecule has 0 aromatic heterocycles. The normalized spacial score (nSPS) is 23.7. The molecule has 0 radical (unpaired) electrons. The molecule has 1 aromatic carbocycles. The molecule has 2 rings (SSSR count). The molecule has 1 fully saturated rings. The van der Waals surface area contributed by atoms with Crippen LogP contribution in [0.4, 0.5) is 0 Å². The van der Waals surface area contributed by atoms with E-state index in [-0.39, 0.29) is 5.91 Å². The van der Waals surface area contributed by atoms with Crippen LogP contribution in [0.15, 0.2) is 24.3 Å². The summed E-state index contributed by atoms with van der Waals surface area (Å²) in [5, 5.41) is 0.617. The van der Waals surface area contributed by atoms with E-state index < -0.39 is 0 Å². The van der Waals surface area contributed by atoms with Gasteiger partial charge < -0.3 is 4.90 Å². The molecule has 0 unspecified atom stereocenters. The summed E-state index contributed by atoms with van der Waals surface area (Å²) < 4.78 is 0. The molecule has 3 heteroatoms. The van der Waals surface area contributed by atoms with Crippen molar-refractivity contribution in [2.24, 2.45) is 5.92 Å². The monoisotopic (exact) mass is 265 g/mol. The number of nitrogens with zero attached hydrogens (tertiary/aromatic N) is 1. The van der Waals surface area contributed by atoms with Gasteiger partial charge in [-0.25, -0.2) is 0 Å². The number of carbonyl (C=O) groups is 1. The molecule has 1 saturated carbocycles. The number of halogens is 1. The van der Waals surface area contributed by atoms with Crippen molar-refractivity contribution in [2.45, 2.75) is 38.6 Å². The minimum Gasteiger partial charge on any atom is -0.339 e. The SMILES string of the molecule is C[C@H]1CCC[C@@H](N(C)C(=O)c2cccc(Cl)c2)C1. The minimum atomic E-state index is 0.0802. The van der Waals surface area contributed by atoms with Crippen LogP contribution in [-0.2, 0) is 0 Å². The van der Waals surface area contributed by atoms with Gasteiger partial charge in [-0.05, 0) is 37.0 Å². The molecule has 0 N–H and O–H groups in total. The standard InChI is InChI=1S/C15H20ClNO/c1-11-5-3-8-14(9-11)17(2)15(18)12-6-4-7-13(16)10-12/h4,6-7,10-11,14H,3,5,8-9H2,1-2H3/t11-,14+/m0/s1. The topological polar surface area (TPSA) is 20.3 Å². The molecule has 0 bridgehead atoms. The highest BCUT2D eigenvalue weighted by Gasteiger charge is 2.25. The predicted octanol–water partition coefficient (Wildman–Crippen LogP) is 3.99. The van der Waals surface area contributed by atoms with Crippen LogP contribution in [0.25, 0.3) is 0 Å². The van der Waals surface area contributed by atoms with Crippen LogP contribution in [0, 0.1) is 5.92 Å². The summed E-state index contributed by atoms with van der Waals surface area (Å²) in [4.78, 5) is 14.3. The lowest BCUT2D eigenvalue weighted by atomic mass is 9.86. The molecular formula is C15H20ClNO. The van der Waals surface area contributed by atoms with E-state index in [4.69, 9.17) is 11.6 Å². The quantitative estimate of drug-likeness (QED) is 0.792. The Bertz CT molecular complexity index is 432. The number of benzene rings is 1. The molecule has 1 amide bonds. The maximum absolute atomic E-state index is 12.4. The van der Waals surface area contributed by atoms with Crippen LogP contribution in [0.3, 0.4) is 0 Å². The van der Waals surface area contributed by atoms with Crippen LogP contribution >= 0.6 is 11.6 Å². The van der Waals surface area contributed by atoms with Crippen LogP contribution in [0.5, 0.6) is 0 Å². The molecule has 0 aliphatic heterocycles. The summed E-state index contributed by atoms with van der Waals surface area (Å²) in [7, 11) is 1.91. The van der Waals surface area contributed by atoms with Gasteiger partial charge in [-0.3, -0.25) is 4.79 Å². The molecule has 1 aliphatic rings. The Hall–Kier alpha value is -1.02. The Morgan fingerprint density at radius 3 is 2.83 bits per heavy atom. The lowest BCUT2D eigenvalue weighted by Gasteiger charge is -2.34. The highest BCUT2D eigenvalue weighted by Crippen LogP contribution is 2.27. The summed E-state index contributed by atoms with van der Waals surface area (Å²) in [5.74, 6) is 0.801. The van der Waals surface area contributed by atoms with Crippen LogP contribution < -0.4 is 0 Å². The van der Waals surface area contributed by atoms with Crippen molar-refractivity contribution in [1.29, 1.82) is 0 Å². The van der Waals surface area contributed by atoms with E-state index in [1.807, 2.05) is 24.1 Å². The molecule has 1 aliphatic carbocycles. The zero-order chi connectivity index (χ0) is 13.1. The smallest absolute Gasteiger partial charge is 0.253 e. The van der Waals surface area contributed by atoms with Crippen molar-refractivity contribution in [1.82, 2.24) is 4.90 Å². The number of rotatable bonds is 2. The van der Waals surface area contributed by atoms with E-state index in [1.165, 1.54) is 12.8 Å². The van der Waals surface area contributed by atoms with E-state index in [2.05, 4.69) is 6.92 Å². The Kier molecular flexibility index (Phi) is 4.28. The Labute approximate surface area is 114 Å². The lowest BCUT2D eigenvalue weighted by molar-refractivity contribution is 0.0672. The van der Waals surface area contributed by atoms with Crippen LogP contribution in [-0.4, -0.2) is 23.9 Å². The summed E-state index contributed by atoms with van der Waals surface area (Å²) in [6, 6.07) is 7.57. The first kappa shape index (κ1) is 13.4. The maximum Gasteiger partial charge on any atom is 0.253 e. The second-order valence-electron chi connectivity index (χ2n) is 5.35. The summed E-state index contributed by atoms with van der Waals surface area (Å²) >= 11 is 5.93. The molecule has 2 atom stereocenters. The van der Waals surface area contributed by atoms with Crippen molar-refractivity contribution < 1.29 is 4.79 Å². The highest BCUT2D eigenvalue weighted by molar-refractivity contribution is 6.30. The third kappa shape index (κ3) is 3.05. The fourth-order valence-electron chi connectivity index (χ4n) is 2.74. The fraction of sp³-hybridized carbons (Fsp3) is 0.533. The van der Waals surface area contributed by atoms with Crippen molar-refractivity contribution in [2.75, 3.05) is 7.05 Å². The molecular weight excluding hydrogens is 246 g/mol. The molecule has 0 saturated heterocycles. The van der Waals surface area contributed by atoms with Crippen LogP contribution in [0.2, 0.25) is 5.02 Å². The van der Waals surface area contributed by atoms with E-state index in [0.717, 1.165) is 18.8 Å². The third-order valence-electron chi connectivity index (χ3n) is 3.85. The second kappa shape index (κ2) is 5.75. The van der Waals surface area contributed by atoms with E-state index in [0.29, 0.717) is 16.6 Å². The van der Waals surface area contributed by atoms with Gasteiger partial charge in [-0.15, -0.1) is 0 Å². The van der Waals surface area contributed by atoms with Gasteiger partial charge in [-0.2, -0.15) is 0 Å². The number of hydrogen-bond acceptors (Lipinski definition) is 1. The van der Waals surface area contributed by atoms with Gasteiger partial charge in [0.15, 0.2) is 0 Å². The van der Waals surface area contributed by atoms with Gasteiger partial charge in [0.2, 0.25) is 0 Å². The van der Waals surface area contributed by atoms with Gasteiger partial charge in [0, 0.05) is 23.7 Å². The number of carbonyl (C=O) groups excluding carboxylic acids is 1. The molecule has 0 spiro atoms. The Balaban J connectivity index is 2.08. The predicted molar refractivity (Wildman–Crippen MR) is 75.0 cm³/mol. The van der Waals surface area contributed by atoms with Gasteiger partial charge in [0.25, 0.3) is 5.91 Å². The lowest BCUT2D eigenvalue weighted by Crippen LogP contribution is -2.39. The van der Waals surface area contributed by atoms with Gasteiger partial charge in [-0.1, -0.05) is 37.4 Å². The van der Waals surface area contributed by atoms with Crippen molar-refractivity contribution in [3.63, 3.8) is 0 Å². The Morgan fingerprint density at radius 1 is 1.39 bits per heavy atom. The zero-order valence-corrected chi connectivity index (χ0v) is 11.8. The second-order valence-corrected chi connectivity index (χ2v) is 5.79. The van der Waals surface area contributed by atoms with E-state index in [9.17, 15) is 4.79 Å². The number of hydrogen-bond donors (Lipinski definition) is 0. The van der Waals surface area contributed by atoms with Crippen molar-refractivity contribution in [3.8, 4) is 0 Å². The van der Waals surface area contributed by atoms with Gasteiger partial charge in [0.1, 0.15) is 0 Å². The van der Waals surface area contributed by atoms with E-state index >= 15 is 0 Å². The summed E-state index contributed by atoms with van der Waals surface area (Å²) in [6.45, 7) is 2.27. The first-order valence-electron chi connectivity index (χ1n) is 6.60. The van der Waals surface area contributed by atoms with Gasteiger partial charge >= 0.3 is 0 Å². The van der Waals surface area contributed by atoms with Gasteiger partial charge in [0.05, 0.1) is 0 Å². The summed E-state index contributed by atoms with van der Waals surface area (Å²) in [5.41, 5.74) is 0.684. The zero-order valence-electron chi connectivity index (χ0n) is 11.0. The summed E-state index contributed by atoms with van der Waals surface area (Å²) in [6.07, 6.45) is 4.74. The first-order chi connectivity index (χ1) is 8.58. The molecule has 0 heterocycles. The van der Waals surface area contributed by atoms with Crippen molar-refractivity contribution >= 4 is 17.5 Å². The molecule has 18 heavy (non-hydrogen) atoms. The largest absolute Gasteiger partial charge is 0.339 e. The average Bonchev–Trinajstić information content (AvgIpc) is 2.37. The molecule has 98 valence electrons. The molecule has 1 aromatic rings. The highest BCUT2D eigenvalue weighted by atomic mass is 35.5. The van der Waals surface area contributed by atoms with Crippen LogP contribution in [0.1, 0.15) is 43.0 Å². The van der Waals surface area contributed by atoms with Crippen molar-refractivity contribution in [3.05, 3.63) is 34.9 Å². The third-order valence-corrected chi connectivity index (χ3v) is 4.08. The number of amides is 1. The molecule has 2 nitrogen and oxygen atoms in total. The maximum atomic E-state index is 12.4. The first-order valence-corrected chi connectivity index (χ1v) is 6.98. The average molecular weight is 266 g/mol.